The number of rotatable bonds is 2. The van der Waals surface area contributed by atoms with Gasteiger partial charge in [0.2, 0.25) is 0 Å². The molecule has 3 heterocycles. The van der Waals surface area contributed by atoms with E-state index in [1.807, 2.05) is 17.0 Å². The molecular formula is C21H23N3O2. The largest absolute Gasteiger partial charge is 0.337 e. The monoisotopic (exact) mass is 349 g/mol. The van der Waals surface area contributed by atoms with Gasteiger partial charge in [0.15, 0.2) is 5.78 Å². The number of fused-ring (bicyclic) bond motifs is 2. The number of nitrogens with zero attached hydrogens (tertiary/aromatic N) is 2. The number of benzene rings is 1. The molecule has 1 saturated heterocycles. The molecule has 134 valence electrons. The van der Waals surface area contributed by atoms with Gasteiger partial charge in [-0.1, -0.05) is 0 Å². The lowest BCUT2D eigenvalue weighted by atomic mass is 9.90. The molecule has 1 N–H and O–H groups in total. The number of aromatic amines is 1. The zero-order valence-corrected chi connectivity index (χ0v) is 14.9. The van der Waals surface area contributed by atoms with Crippen LogP contribution in [0.4, 0.5) is 11.5 Å². The van der Waals surface area contributed by atoms with Gasteiger partial charge in [0.25, 0.3) is 5.91 Å². The molecule has 0 bridgehead atoms. The normalized spacial score (nSPS) is 19.0. The van der Waals surface area contributed by atoms with E-state index in [-0.39, 0.29) is 11.7 Å². The maximum atomic E-state index is 12.6. The Labute approximate surface area is 153 Å². The third-order valence-electron chi connectivity index (χ3n) is 5.90. The van der Waals surface area contributed by atoms with Gasteiger partial charge in [-0.25, -0.2) is 0 Å². The fourth-order valence-corrected chi connectivity index (χ4v) is 4.32. The second kappa shape index (κ2) is 6.01. The first-order chi connectivity index (χ1) is 12.7. The molecule has 1 amide bonds. The van der Waals surface area contributed by atoms with E-state index < -0.39 is 0 Å². The van der Waals surface area contributed by atoms with Crippen molar-refractivity contribution < 1.29 is 9.59 Å². The van der Waals surface area contributed by atoms with Crippen LogP contribution in [-0.4, -0.2) is 41.2 Å². The number of amides is 1. The first-order valence-electron chi connectivity index (χ1n) is 9.65. The van der Waals surface area contributed by atoms with Gasteiger partial charge in [0.1, 0.15) is 11.5 Å². The minimum Gasteiger partial charge on any atom is -0.337 e. The summed E-state index contributed by atoms with van der Waals surface area (Å²) in [5, 5.41) is 0. The van der Waals surface area contributed by atoms with Crippen molar-refractivity contribution in [3.63, 3.8) is 0 Å². The summed E-state index contributed by atoms with van der Waals surface area (Å²) >= 11 is 0. The highest BCUT2D eigenvalue weighted by molar-refractivity contribution is 5.99. The molecule has 1 aromatic heterocycles. The van der Waals surface area contributed by atoms with Crippen molar-refractivity contribution >= 4 is 23.2 Å². The van der Waals surface area contributed by atoms with E-state index in [2.05, 4.69) is 22.0 Å². The van der Waals surface area contributed by atoms with Crippen molar-refractivity contribution in [3.8, 4) is 0 Å². The van der Waals surface area contributed by atoms with E-state index in [0.717, 1.165) is 74.4 Å². The summed E-state index contributed by atoms with van der Waals surface area (Å²) in [5.74, 6) is 1.42. The van der Waals surface area contributed by atoms with Crippen LogP contribution in [0.15, 0.2) is 24.3 Å². The van der Waals surface area contributed by atoms with E-state index in [4.69, 9.17) is 0 Å². The number of carbonyl (C=O) groups is 2. The number of hydrogen-bond acceptors (Lipinski definition) is 3. The number of H-pyrrole nitrogens is 1. The summed E-state index contributed by atoms with van der Waals surface area (Å²) in [7, 11) is 0. The number of carbonyl (C=O) groups excluding carboxylic acids is 2. The summed E-state index contributed by atoms with van der Waals surface area (Å²) in [5.41, 5.74) is 5.08. The average Bonchev–Trinajstić information content (AvgIpc) is 3.04. The highest BCUT2D eigenvalue weighted by atomic mass is 16.2. The summed E-state index contributed by atoms with van der Waals surface area (Å²) in [4.78, 5) is 32.2. The third kappa shape index (κ3) is 2.45. The molecule has 5 heteroatoms. The van der Waals surface area contributed by atoms with Gasteiger partial charge in [-0.15, -0.1) is 0 Å². The van der Waals surface area contributed by atoms with E-state index in [0.29, 0.717) is 12.1 Å². The molecule has 5 rings (SSSR count). The molecule has 0 saturated carbocycles. The summed E-state index contributed by atoms with van der Waals surface area (Å²) in [6.07, 6.45) is 5.75. The van der Waals surface area contributed by atoms with E-state index in [1.54, 1.807) is 0 Å². The number of hydrogen-bond donors (Lipinski definition) is 1. The lowest BCUT2D eigenvalue weighted by Crippen LogP contribution is -2.42. The fraction of sp³-hybridized carbons (Fsp3) is 0.429. The topological polar surface area (TPSA) is 56.4 Å². The quantitative estimate of drug-likeness (QED) is 0.903. The molecule has 0 atom stereocenters. The van der Waals surface area contributed by atoms with E-state index >= 15 is 0 Å². The Kier molecular flexibility index (Phi) is 3.62. The molecule has 1 fully saturated rings. The van der Waals surface area contributed by atoms with Crippen LogP contribution >= 0.6 is 0 Å². The van der Waals surface area contributed by atoms with Gasteiger partial charge in [0, 0.05) is 37.3 Å². The van der Waals surface area contributed by atoms with Crippen LogP contribution < -0.4 is 4.90 Å². The van der Waals surface area contributed by atoms with Crippen molar-refractivity contribution in [1.29, 1.82) is 0 Å². The van der Waals surface area contributed by atoms with Gasteiger partial charge in [0.05, 0.1) is 0 Å². The Hall–Kier alpha value is -2.56. The van der Waals surface area contributed by atoms with Crippen LogP contribution in [0.1, 0.15) is 57.7 Å². The fourth-order valence-electron chi connectivity index (χ4n) is 4.32. The minimum atomic E-state index is 0.113. The molecule has 1 aliphatic carbocycles. The van der Waals surface area contributed by atoms with Gasteiger partial charge < -0.3 is 14.8 Å². The summed E-state index contributed by atoms with van der Waals surface area (Å²) in [6.45, 7) is 2.66. The second-order valence-electron chi connectivity index (χ2n) is 7.58. The number of aryl methyl sites for hydroxylation is 2. The van der Waals surface area contributed by atoms with Crippen LogP contribution in [0.2, 0.25) is 0 Å². The zero-order chi connectivity index (χ0) is 17.7. The van der Waals surface area contributed by atoms with Crippen molar-refractivity contribution in [1.82, 2.24) is 9.88 Å². The highest BCUT2D eigenvalue weighted by Crippen LogP contribution is 2.36. The molecule has 0 unspecified atom stereocenters. The van der Waals surface area contributed by atoms with Crippen LogP contribution in [0.3, 0.4) is 0 Å². The first-order valence-corrected chi connectivity index (χ1v) is 9.65. The Morgan fingerprint density at radius 3 is 2.58 bits per heavy atom. The average molecular weight is 349 g/mol. The molecule has 2 aliphatic heterocycles. The van der Waals surface area contributed by atoms with Crippen LogP contribution in [0.5, 0.6) is 0 Å². The van der Waals surface area contributed by atoms with Crippen molar-refractivity contribution in [3.05, 3.63) is 46.6 Å². The third-order valence-corrected chi connectivity index (χ3v) is 5.90. The predicted octanol–water partition coefficient (Wildman–Crippen LogP) is 3.46. The van der Waals surface area contributed by atoms with Crippen LogP contribution in [-0.2, 0) is 12.8 Å². The zero-order valence-electron chi connectivity index (χ0n) is 14.9. The van der Waals surface area contributed by atoms with Crippen molar-refractivity contribution in [2.45, 2.75) is 38.5 Å². The Bertz CT molecular complexity index is 895. The molecule has 1 aromatic carbocycles. The highest BCUT2D eigenvalue weighted by Gasteiger charge is 2.28. The van der Waals surface area contributed by atoms with Crippen LogP contribution in [0.25, 0.3) is 0 Å². The molecule has 0 radical (unpaired) electrons. The summed E-state index contributed by atoms with van der Waals surface area (Å²) in [6, 6.07) is 8.23. The Morgan fingerprint density at radius 2 is 1.77 bits per heavy atom. The number of likely N-dealkylation sites (tertiary alicyclic amines) is 1. The maximum absolute atomic E-state index is 12.6. The van der Waals surface area contributed by atoms with Gasteiger partial charge in [-0.2, -0.15) is 0 Å². The lowest BCUT2D eigenvalue weighted by molar-refractivity contribution is 0.0646. The van der Waals surface area contributed by atoms with Crippen molar-refractivity contribution in [2.24, 2.45) is 0 Å². The van der Waals surface area contributed by atoms with E-state index in [1.165, 1.54) is 5.56 Å². The van der Waals surface area contributed by atoms with Crippen LogP contribution in [0, 0.1) is 0 Å². The first kappa shape index (κ1) is 15.7. The number of ketones is 1. The van der Waals surface area contributed by atoms with Gasteiger partial charge >= 0.3 is 0 Å². The van der Waals surface area contributed by atoms with Gasteiger partial charge in [-0.05, 0) is 67.5 Å². The minimum absolute atomic E-state index is 0.113. The number of aromatic nitrogens is 1. The lowest BCUT2D eigenvalue weighted by Gasteiger charge is -2.31. The molecule has 2 aromatic rings. The molecule has 0 spiro atoms. The van der Waals surface area contributed by atoms with Gasteiger partial charge in [-0.3, -0.25) is 9.59 Å². The molecule has 3 aliphatic rings. The standard InChI is InChI=1S/C21H23N3O2/c25-19-6-1-4-14-12-16(7-8-17(14)19)24-11-2-5-15-13-18(22-20(15)24)21(26)23-9-3-10-23/h7-8,12-13,22H,1-6,9-11H2. The molecular weight excluding hydrogens is 326 g/mol. The maximum Gasteiger partial charge on any atom is 0.270 e. The number of anilines is 2. The Morgan fingerprint density at radius 1 is 0.923 bits per heavy atom. The number of Topliss-reactive ketones (excluding diaryl/α,β-unsaturated/α-hetero) is 1. The number of nitrogens with one attached hydrogen (secondary N) is 1. The van der Waals surface area contributed by atoms with E-state index in [9.17, 15) is 9.59 Å². The molecule has 26 heavy (non-hydrogen) atoms. The predicted molar refractivity (Wildman–Crippen MR) is 100 cm³/mol. The smallest absolute Gasteiger partial charge is 0.270 e. The Balaban J connectivity index is 1.49. The molecule has 5 nitrogen and oxygen atoms in total. The second-order valence-corrected chi connectivity index (χ2v) is 7.58. The summed E-state index contributed by atoms with van der Waals surface area (Å²) < 4.78 is 0. The van der Waals surface area contributed by atoms with Crippen molar-refractivity contribution in [2.75, 3.05) is 24.5 Å². The SMILES string of the molecule is O=C1CCCc2cc(N3CCCc4cc(C(=O)N5CCC5)[nH]c43)ccc21.